The van der Waals surface area contributed by atoms with Crippen molar-refractivity contribution in [3.05, 3.63) is 0 Å². The fourth-order valence-corrected chi connectivity index (χ4v) is 0.559. The first kappa shape index (κ1) is 6.26. The van der Waals surface area contributed by atoms with Crippen LogP contribution in [-0.2, 0) is 4.74 Å². The molecule has 36 valence electrons. The number of ether oxygens (including phenoxy) is 1. The van der Waals surface area contributed by atoms with Gasteiger partial charge in [0.1, 0.15) is 0 Å². The van der Waals surface area contributed by atoms with E-state index in [1.807, 2.05) is 4.97 Å². The fourth-order valence-electron chi connectivity index (χ4n) is 0.0833. The van der Waals surface area contributed by atoms with Crippen LogP contribution in [0.25, 0.3) is 0 Å². The summed E-state index contributed by atoms with van der Waals surface area (Å²) in [5.74, 6) is 0. The van der Waals surface area contributed by atoms with E-state index in [1.165, 1.54) is 7.11 Å². The summed E-state index contributed by atoms with van der Waals surface area (Å²) < 4.78 is 4.29. The molecular formula is C3H6O2Te. The zero-order valence-electron chi connectivity index (χ0n) is 3.72. The molecule has 0 aromatic rings. The maximum absolute atomic E-state index is 10.0. The van der Waals surface area contributed by atoms with Crippen LogP contribution in [0, 0.1) is 0 Å². The molecule has 0 atom stereocenters. The monoisotopic (exact) mass is 204 g/mol. The van der Waals surface area contributed by atoms with Gasteiger partial charge in [-0.15, -0.1) is 0 Å². The molecule has 0 unspecified atom stereocenters. The van der Waals surface area contributed by atoms with Crippen molar-refractivity contribution in [2.75, 3.05) is 7.11 Å². The van der Waals surface area contributed by atoms with Gasteiger partial charge < -0.3 is 0 Å². The minimum absolute atomic E-state index is 0.0274. The Labute approximate surface area is 46.9 Å². The van der Waals surface area contributed by atoms with Gasteiger partial charge in [-0.25, -0.2) is 0 Å². The number of carbonyl (C=O) groups is 1. The van der Waals surface area contributed by atoms with Gasteiger partial charge in [0.15, 0.2) is 0 Å². The Balaban J connectivity index is 2.99. The summed E-state index contributed by atoms with van der Waals surface area (Å²) >= 11 is -0.459. The predicted octanol–water partition coefficient (Wildman–Crippen LogP) is 0.505. The van der Waals surface area contributed by atoms with E-state index in [2.05, 4.69) is 4.74 Å². The summed E-state index contributed by atoms with van der Waals surface area (Å²) in [6.45, 7) is 0. The maximum atomic E-state index is 10.0. The average Bonchev–Trinajstić information content (AvgIpc) is 1.65. The van der Waals surface area contributed by atoms with Crippen molar-refractivity contribution in [3.63, 3.8) is 0 Å². The van der Waals surface area contributed by atoms with Gasteiger partial charge in [0, 0.05) is 0 Å². The van der Waals surface area contributed by atoms with Crippen LogP contribution in [0.3, 0.4) is 0 Å². The van der Waals surface area contributed by atoms with E-state index < -0.39 is 20.9 Å². The SMILES string of the molecule is COC(=O)[Te]C. The Morgan fingerprint density at radius 1 is 1.83 bits per heavy atom. The topological polar surface area (TPSA) is 26.3 Å². The molecule has 0 bridgehead atoms. The van der Waals surface area contributed by atoms with E-state index in [9.17, 15) is 4.79 Å². The van der Waals surface area contributed by atoms with Crippen LogP contribution >= 0.6 is 0 Å². The Kier molecular flexibility index (Phi) is 3.60. The van der Waals surface area contributed by atoms with Crippen LogP contribution in [0.15, 0.2) is 0 Å². The third-order valence-corrected chi connectivity index (χ3v) is 1.76. The van der Waals surface area contributed by atoms with E-state index >= 15 is 0 Å². The van der Waals surface area contributed by atoms with Crippen molar-refractivity contribution >= 4 is 24.9 Å². The zero-order chi connectivity index (χ0) is 4.99. The van der Waals surface area contributed by atoms with Crippen LogP contribution < -0.4 is 0 Å². The van der Waals surface area contributed by atoms with Crippen molar-refractivity contribution in [3.8, 4) is 0 Å². The number of carbonyl (C=O) groups excluding carboxylic acids is 1. The first-order chi connectivity index (χ1) is 2.81. The molecule has 0 fully saturated rings. The van der Waals surface area contributed by atoms with Crippen LogP contribution in [0.2, 0.25) is 4.97 Å². The second kappa shape index (κ2) is 3.45. The molecule has 0 rings (SSSR count). The Bertz CT molecular complexity index is 46.8. The Morgan fingerprint density at radius 2 is 2.33 bits per heavy atom. The van der Waals surface area contributed by atoms with Gasteiger partial charge in [0.05, 0.1) is 0 Å². The quantitative estimate of drug-likeness (QED) is 0.578. The number of methoxy groups -OCH3 is 1. The molecule has 0 N–H and O–H groups in total. The van der Waals surface area contributed by atoms with E-state index in [0.717, 1.165) is 0 Å². The molecule has 0 saturated carbocycles. The van der Waals surface area contributed by atoms with Crippen LogP contribution in [0.5, 0.6) is 0 Å². The van der Waals surface area contributed by atoms with Crippen molar-refractivity contribution < 1.29 is 9.53 Å². The molecule has 0 aliphatic rings. The van der Waals surface area contributed by atoms with E-state index in [1.54, 1.807) is 0 Å². The molecule has 2 nitrogen and oxygen atoms in total. The summed E-state index contributed by atoms with van der Waals surface area (Å²) in [7, 11) is 1.41. The summed E-state index contributed by atoms with van der Waals surface area (Å²) in [6, 6.07) is 0. The summed E-state index contributed by atoms with van der Waals surface area (Å²) in [6.07, 6.45) is 0. The third kappa shape index (κ3) is 2.49. The van der Waals surface area contributed by atoms with Crippen molar-refractivity contribution in [1.29, 1.82) is 0 Å². The first-order valence-corrected chi connectivity index (χ1v) is 4.92. The van der Waals surface area contributed by atoms with Gasteiger partial charge in [0.25, 0.3) is 0 Å². The Hall–Kier alpha value is 0.260. The fraction of sp³-hybridized carbons (Fsp3) is 0.667. The molecule has 3 heteroatoms. The molecule has 0 aliphatic carbocycles. The molecule has 0 aromatic heterocycles. The van der Waals surface area contributed by atoms with Crippen molar-refractivity contribution in [2.24, 2.45) is 0 Å². The predicted molar refractivity (Wildman–Crippen MR) is 24.0 cm³/mol. The Morgan fingerprint density at radius 3 is 2.33 bits per heavy atom. The van der Waals surface area contributed by atoms with Crippen LogP contribution in [0.4, 0.5) is 4.79 Å². The number of hydrogen-bond acceptors (Lipinski definition) is 2. The van der Waals surface area contributed by atoms with E-state index in [-0.39, 0.29) is 4.02 Å². The number of hydrogen-bond donors (Lipinski definition) is 0. The molecule has 0 amide bonds. The summed E-state index contributed by atoms with van der Waals surface area (Å²) in [5, 5.41) is 0. The molecule has 6 heavy (non-hydrogen) atoms. The molecule has 0 spiro atoms. The first-order valence-electron chi connectivity index (χ1n) is 1.43. The van der Waals surface area contributed by atoms with E-state index in [0.29, 0.717) is 0 Å². The molecule has 0 radical (unpaired) electrons. The van der Waals surface area contributed by atoms with Crippen LogP contribution in [0.1, 0.15) is 0 Å². The van der Waals surface area contributed by atoms with Gasteiger partial charge in [-0.05, 0) is 0 Å². The molecule has 0 aromatic carbocycles. The van der Waals surface area contributed by atoms with Gasteiger partial charge in [-0.1, -0.05) is 0 Å². The molecule has 0 aliphatic heterocycles. The molecule has 0 saturated heterocycles. The normalized spacial score (nSPS) is 7.67. The van der Waals surface area contributed by atoms with Crippen LogP contribution in [-0.4, -0.2) is 32.1 Å². The zero-order valence-corrected chi connectivity index (χ0v) is 6.06. The average molecular weight is 202 g/mol. The van der Waals surface area contributed by atoms with Crippen molar-refractivity contribution in [2.45, 2.75) is 4.97 Å². The van der Waals surface area contributed by atoms with Gasteiger partial charge >= 0.3 is 46.6 Å². The van der Waals surface area contributed by atoms with Gasteiger partial charge in [-0.2, -0.15) is 0 Å². The summed E-state index contributed by atoms with van der Waals surface area (Å²) in [5.41, 5.74) is 0. The third-order valence-electron chi connectivity index (χ3n) is 0.333. The minimum atomic E-state index is -0.459. The summed E-state index contributed by atoms with van der Waals surface area (Å²) in [4.78, 5) is 11.9. The van der Waals surface area contributed by atoms with Gasteiger partial charge in [0.2, 0.25) is 0 Å². The standard InChI is InChI=1S/C3H6O2Te/c1-5-3(4)6-2/h1-2H3. The van der Waals surface area contributed by atoms with Gasteiger partial charge in [-0.3, -0.25) is 0 Å². The van der Waals surface area contributed by atoms with E-state index in [4.69, 9.17) is 0 Å². The second-order valence-electron chi connectivity index (χ2n) is 0.658. The molecule has 0 heterocycles. The molecular weight excluding hydrogens is 196 g/mol. The van der Waals surface area contributed by atoms with Crippen molar-refractivity contribution in [1.82, 2.24) is 0 Å². The number of rotatable bonds is 1. The second-order valence-corrected chi connectivity index (χ2v) is 2.77.